The van der Waals surface area contributed by atoms with Crippen molar-refractivity contribution in [3.8, 4) is 0 Å². The Morgan fingerprint density at radius 2 is 1.75 bits per heavy atom. The Bertz CT molecular complexity index is 207. The first-order valence-electron chi connectivity index (χ1n) is 4.57. The fourth-order valence-electron chi connectivity index (χ4n) is 3.10. The van der Waals surface area contributed by atoms with E-state index in [0.717, 1.165) is 11.8 Å². The van der Waals surface area contributed by atoms with Gasteiger partial charge in [-0.2, -0.15) is 4.03 Å². The summed E-state index contributed by atoms with van der Waals surface area (Å²) in [7, 11) is 0. The van der Waals surface area contributed by atoms with Gasteiger partial charge in [-0.05, 0) is 31.1 Å². The molecule has 4 aliphatic rings. The molecule has 0 radical (unpaired) electrons. The number of alkyl halides is 1. The quantitative estimate of drug-likeness (QED) is 0.385. The molecule has 3 aliphatic heterocycles. The Kier molecular flexibility index (Phi) is 1.69. The summed E-state index contributed by atoms with van der Waals surface area (Å²) in [5, 5.41) is 2.45. The highest BCUT2D eigenvalue weighted by molar-refractivity contribution is 9.11. The molecule has 12 heavy (non-hydrogen) atoms. The minimum absolute atomic E-state index is 0.247. The highest BCUT2D eigenvalue weighted by Gasteiger charge is 2.53. The normalized spacial score (nSPS) is 58.0. The van der Waals surface area contributed by atoms with Crippen LogP contribution in [0.4, 0.5) is 0 Å². The zero-order valence-electron chi connectivity index (χ0n) is 6.84. The minimum Gasteiger partial charge on any atom is -0.230 e. The third kappa shape index (κ3) is 0.982. The van der Waals surface area contributed by atoms with Crippen LogP contribution in [0.1, 0.15) is 19.3 Å². The molecule has 0 aromatic heterocycles. The smallest absolute Gasteiger partial charge is 0.102 e. The third-order valence-corrected chi connectivity index (χ3v) is 5.97. The van der Waals surface area contributed by atoms with E-state index in [4.69, 9.17) is 0 Å². The SMILES string of the molecule is BrN1N2CC3CC(C2)CC1(Br)C3. The van der Waals surface area contributed by atoms with Gasteiger partial charge >= 0.3 is 0 Å². The molecule has 3 heterocycles. The zero-order chi connectivity index (χ0) is 8.34. The average Bonchev–Trinajstić information content (AvgIpc) is 1.98. The molecule has 0 aromatic carbocycles. The van der Waals surface area contributed by atoms with Crippen LogP contribution in [-0.4, -0.2) is 26.6 Å². The first-order chi connectivity index (χ1) is 5.67. The average molecular weight is 296 g/mol. The second-order valence-corrected chi connectivity index (χ2v) is 6.57. The van der Waals surface area contributed by atoms with Crippen LogP contribution in [0.3, 0.4) is 0 Å². The molecule has 68 valence electrons. The topological polar surface area (TPSA) is 6.48 Å². The van der Waals surface area contributed by atoms with Crippen LogP contribution >= 0.6 is 32.1 Å². The lowest BCUT2D eigenvalue weighted by atomic mass is 9.74. The van der Waals surface area contributed by atoms with Crippen LogP contribution in [-0.2, 0) is 0 Å². The Morgan fingerprint density at radius 3 is 2.25 bits per heavy atom. The minimum atomic E-state index is 0.247. The van der Waals surface area contributed by atoms with Crippen molar-refractivity contribution >= 4 is 32.1 Å². The van der Waals surface area contributed by atoms with Crippen LogP contribution < -0.4 is 0 Å². The standard InChI is InChI=1S/C8H12Br2N2/c9-8-2-6-1-7(3-8)5-11(4-6)12(8)10/h6-7H,1-5H2. The Labute approximate surface area is 89.7 Å². The van der Waals surface area contributed by atoms with Crippen LogP contribution in [0.5, 0.6) is 0 Å². The van der Waals surface area contributed by atoms with Crippen LogP contribution in [0.2, 0.25) is 0 Å². The van der Waals surface area contributed by atoms with E-state index in [1.165, 1.54) is 32.4 Å². The summed E-state index contributed by atoms with van der Waals surface area (Å²) in [6, 6.07) is 0. The Balaban J connectivity index is 1.97. The summed E-state index contributed by atoms with van der Waals surface area (Å²) in [4.78, 5) is 0. The molecule has 0 amide bonds. The van der Waals surface area contributed by atoms with Gasteiger partial charge in [0, 0.05) is 29.2 Å². The van der Waals surface area contributed by atoms with Crippen molar-refractivity contribution in [3.05, 3.63) is 0 Å². The largest absolute Gasteiger partial charge is 0.230 e. The molecule has 0 aromatic rings. The maximum atomic E-state index is 3.86. The molecule has 2 nitrogen and oxygen atoms in total. The number of rotatable bonds is 0. The van der Waals surface area contributed by atoms with E-state index in [1.807, 2.05) is 0 Å². The van der Waals surface area contributed by atoms with Gasteiger partial charge in [0.15, 0.2) is 0 Å². The van der Waals surface area contributed by atoms with E-state index in [9.17, 15) is 0 Å². The van der Waals surface area contributed by atoms with Crippen molar-refractivity contribution in [3.63, 3.8) is 0 Å². The highest BCUT2D eigenvalue weighted by atomic mass is 79.9. The lowest BCUT2D eigenvalue weighted by molar-refractivity contribution is -0.129. The number of halogens is 2. The van der Waals surface area contributed by atoms with Crippen molar-refractivity contribution in [1.82, 2.24) is 9.04 Å². The number of nitrogens with zero attached hydrogens (tertiary/aromatic N) is 2. The summed E-state index contributed by atoms with van der Waals surface area (Å²) >= 11 is 7.51. The van der Waals surface area contributed by atoms with Crippen molar-refractivity contribution in [1.29, 1.82) is 0 Å². The lowest BCUT2D eigenvalue weighted by Gasteiger charge is -2.59. The van der Waals surface area contributed by atoms with E-state index in [0.29, 0.717) is 0 Å². The second kappa shape index (κ2) is 2.47. The molecule has 4 rings (SSSR count). The second-order valence-electron chi connectivity index (χ2n) is 4.43. The van der Waals surface area contributed by atoms with Gasteiger partial charge in [-0.3, -0.25) is 0 Å². The number of hydrogen-bond donors (Lipinski definition) is 0. The molecule has 0 N–H and O–H groups in total. The molecule has 4 fully saturated rings. The molecular weight excluding hydrogens is 284 g/mol. The molecule has 2 atom stereocenters. The summed E-state index contributed by atoms with van der Waals surface area (Å²) < 4.78 is 2.49. The van der Waals surface area contributed by atoms with Crippen molar-refractivity contribution in [2.45, 2.75) is 23.7 Å². The molecule has 1 aliphatic carbocycles. The fourth-order valence-corrected chi connectivity index (χ4v) is 4.79. The predicted molar refractivity (Wildman–Crippen MR) is 54.8 cm³/mol. The number of hydrazine groups is 1. The molecule has 2 unspecified atom stereocenters. The summed E-state index contributed by atoms with van der Waals surface area (Å²) in [6.45, 7) is 2.52. The fraction of sp³-hybridized carbons (Fsp3) is 1.00. The van der Waals surface area contributed by atoms with Gasteiger partial charge < -0.3 is 0 Å². The van der Waals surface area contributed by atoms with E-state index in [1.54, 1.807) is 0 Å². The Hall–Kier alpha value is 0.880. The number of hydrogen-bond acceptors (Lipinski definition) is 2. The van der Waals surface area contributed by atoms with Gasteiger partial charge in [0.1, 0.15) is 4.45 Å². The molecule has 4 bridgehead atoms. The molecular formula is C8H12Br2N2. The van der Waals surface area contributed by atoms with Gasteiger partial charge in [-0.1, -0.05) is 15.9 Å². The van der Waals surface area contributed by atoms with Gasteiger partial charge in [-0.25, -0.2) is 5.01 Å². The van der Waals surface area contributed by atoms with Crippen molar-refractivity contribution < 1.29 is 0 Å². The monoisotopic (exact) mass is 294 g/mol. The van der Waals surface area contributed by atoms with Crippen LogP contribution in [0.15, 0.2) is 0 Å². The maximum absolute atomic E-state index is 3.86. The van der Waals surface area contributed by atoms with Crippen LogP contribution in [0, 0.1) is 11.8 Å². The molecule has 3 saturated heterocycles. The highest BCUT2D eigenvalue weighted by Crippen LogP contribution is 2.53. The Morgan fingerprint density at radius 1 is 1.17 bits per heavy atom. The molecule has 4 heteroatoms. The van der Waals surface area contributed by atoms with E-state index in [2.05, 4.69) is 41.1 Å². The van der Waals surface area contributed by atoms with Gasteiger partial charge in [-0.15, -0.1) is 0 Å². The van der Waals surface area contributed by atoms with E-state index < -0.39 is 0 Å². The maximum Gasteiger partial charge on any atom is 0.102 e. The summed E-state index contributed by atoms with van der Waals surface area (Å²) in [5.74, 6) is 1.87. The predicted octanol–water partition coefficient (Wildman–Crippen LogP) is 2.35. The van der Waals surface area contributed by atoms with Gasteiger partial charge in [0.2, 0.25) is 0 Å². The summed E-state index contributed by atoms with van der Waals surface area (Å²) in [6.07, 6.45) is 4.08. The third-order valence-electron chi connectivity index (χ3n) is 3.39. The first kappa shape index (κ1) is 8.21. The van der Waals surface area contributed by atoms with Crippen LogP contribution in [0.25, 0.3) is 0 Å². The first-order valence-corrected chi connectivity index (χ1v) is 6.07. The summed E-state index contributed by atoms with van der Waals surface area (Å²) in [5.41, 5.74) is 0. The van der Waals surface area contributed by atoms with Gasteiger partial charge in [0.25, 0.3) is 0 Å². The number of piperidine rings is 1. The molecule has 1 saturated carbocycles. The molecule has 0 spiro atoms. The van der Waals surface area contributed by atoms with Crippen molar-refractivity contribution in [2.24, 2.45) is 11.8 Å². The van der Waals surface area contributed by atoms with Gasteiger partial charge in [0.05, 0.1) is 0 Å². The van der Waals surface area contributed by atoms with E-state index in [-0.39, 0.29) is 4.45 Å². The zero-order valence-corrected chi connectivity index (χ0v) is 10.0. The van der Waals surface area contributed by atoms with E-state index >= 15 is 0 Å². The van der Waals surface area contributed by atoms with Crippen molar-refractivity contribution in [2.75, 3.05) is 13.1 Å². The lowest BCUT2D eigenvalue weighted by Crippen LogP contribution is -2.65.